The van der Waals surface area contributed by atoms with Crippen molar-refractivity contribution in [3.63, 3.8) is 0 Å². The highest BCUT2D eigenvalue weighted by Crippen LogP contribution is 2.50. The lowest BCUT2D eigenvalue weighted by Gasteiger charge is -2.30. The van der Waals surface area contributed by atoms with E-state index >= 15 is 0 Å². The first kappa shape index (κ1) is 29.8. The fraction of sp³-hybridized carbons (Fsp3) is 0.462. The molecule has 4 rings (SSSR count). The lowest BCUT2D eigenvalue weighted by molar-refractivity contribution is -0.170. The van der Waals surface area contributed by atoms with Crippen LogP contribution in [-0.4, -0.2) is 72.0 Å². The molecule has 1 aromatic heterocycles. The van der Waals surface area contributed by atoms with Gasteiger partial charge in [-0.15, -0.1) is 0 Å². The Hall–Kier alpha value is -2.76. The highest BCUT2D eigenvalue weighted by Gasteiger charge is 2.53. The first-order valence-electron chi connectivity index (χ1n) is 12.0. The minimum atomic E-state index is -2.74. The molecule has 0 bridgehead atoms. The molecule has 2 heterocycles. The third kappa shape index (κ3) is 6.81. The first-order chi connectivity index (χ1) is 17.7. The van der Waals surface area contributed by atoms with Gasteiger partial charge in [-0.2, -0.15) is 0 Å². The van der Waals surface area contributed by atoms with Crippen LogP contribution in [0.2, 0.25) is 10.0 Å². The van der Waals surface area contributed by atoms with E-state index < -0.39 is 42.0 Å². The van der Waals surface area contributed by atoms with E-state index in [2.05, 4.69) is 9.88 Å². The Morgan fingerprint density at radius 3 is 2.29 bits per heavy atom. The maximum atomic E-state index is 11.4. The standard InChI is InChI=1S/C20H22Cl2N2O.C6H8O7/c1-13-5-6-18(23-9-13)20(25)8-7-14-10-24(12-16(14)20)11-15-3-2-4-17(21)19(15)22;7-3(8)1-6(13,5(11)12)2-4(9)10/h2-6,9,14,16,25H,7-8,10-12H2,1H3;13H,1-2H2,(H,7,8)(H,9,10)(H,11,12)/t14-,16+,20-;/m0./s1. The highest BCUT2D eigenvalue weighted by atomic mass is 35.5. The summed E-state index contributed by atoms with van der Waals surface area (Å²) in [6.45, 7) is 4.63. The van der Waals surface area contributed by atoms with Crippen LogP contribution in [0.15, 0.2) is 36.5 Å². The number of hydrogen-bond donors (Lipinski definition) is 5. The van der Waals surface area contributed by atoms with Gasteiger partial charge in [0.05, 0.1) is 28.6 Å². The van der Waals surface area contributed by atoms with Gasteiger partial charge >= 0.3 is 17.9 Å². The molecule has 0 spiro atoms. The van der Waals surface area contributed by atoms with Crippen molar-refractivity contribution < 1.29 is 39.9 Å². The number of likely N-dealkylation sites (tertiary alicyclic amines) is 1. The van der Waals surface area contributed by atoms with E-state index in [1.54, 1.807) is 0 Å². The third-order valence-electron chi connectivity index (χ3n) is 7.09. The summed E-state index contributed by atoms with van der Waals surface area (Å²) in [4.78, 5) is 37.4. The predicted molar refractivity (Wildman–Crippen MR) is 138 cm³/mol. The van der Waals surface area contributed by atoms with Crippen LogP contribution in [0.1, 0.15) is 42.5 Å². The van der Waals surface area contributed by atoms with Gasteiger partial charge in [0.15, 0.2) is 5.60 Å². The molecule has 3 atom stereocenters. The van der Waals surface area contributed by atoms with Crippen molar-refractivity contribution in [1.29, 1.82) is 0 Å². The van der Waals surface area contributed by atoms with E-state index in [0.29, 0.717) is 16.0 Å². The summed E-state index contributed by atoms with van der Waals surface area (Å²) in [5.74, 6) is -4.29. The minimum Gasteiger partial charge on any atom is -0.481 e. The number of hydrogen-bond acceptors (Lipinski definition) is 7. The second kappa shape index (κ2) is 12.0. The Bertz CT molecular complexity index is 1180. The highest BCUT2D eigenvalue weighted by molar-refractivity contribution is 6.42. The molecule has 0 radical (unpaired) electrons. The molecule has 38 heavy (non-hydrogen) atoms. The topological polar surface area (TPSA) is 168 Å². The average Bonchev–Trinajstić information content (AvgIpc) is 3.36. The number of nitrogens with zero attached hydrogens (tertiary/aromatic N) is 2. The molecule has 1 aromatic carbocycles. The van der Waals surface area contributed by atoms with Crippen LogP contribution in [0, 0.1) is 18.8 Å². The molecule has 0 amide bonds. The predicted octanol–water partition coefficient (Wildman–Crippen LogP) is 3.18. The quantitative estimate of drug-likeness (QED) is 0.318. The molecular weight excluding hydrogens is 539 g/mol. The Kier molecular flexibility index (Phi) is 9.38. The van der Waals surface area contributed by atoms with Crippen molar-refractivity contribution in [3.05, 3.63) is 63.4 Å². The van der Waals surface area contributed by atoms with Crippen LogP contribution in [0.3, 0.4) is 0 Å². The molecule has 2 aromatic rings. The molecule has 1 saturated carbocycles. The fourth-order valence-electron chi connectivity index (χ4n) is 5.18. The van der Waals surface area contributed by atoms with Gasteiger partial charge in [0.1, 0.15) is 5.60 Å². The summed E-state index contributed by atoms with van der Waals surface area (Å²) < 4.78 is 0. The zero-order chi connectivity index (χ0) is 28.3. The number of halogens is 2. The third-order valence-corrected chi connectivity index (χ3v) is 7.95. The Balaban J connectivity index is 0.000000263. The van der Waals surface area contributed by atoms with Crippen molar-refractivity contribution in [1.82, 2.24) is 9.88 Å². The van der Waals surface area contributed by atoms with E-state index in [4.69, 9.17) is 43.6 Å². The van der Waals surface area contributed by atoms with Crippen molar-refractivity contribution in [3.8, 4) is 0 Å². The van der Waals surface area contributed by atoms with Gasteiger partial charge in [0.25, 0.3) is 0 Å². The molecule has 1 saturated heterocycles. The van der Waals surface area contributed by atoms with Gasteiger partial charge in [-0.25, -0.2) is 4.79 Å². The average molecular weight is 569 g/mol. The van der Waals surface area contributed by atoms with Crippen LogP contribution >= 0.6 is 23.2 Å². The van der Waals surface area contributed by atoms with Gasteiger partial charge in [-0.1, -0.05) is 41.4 Å². The number of fused-ring (bicyclic) bond motifs is 1. The van der Waals surface area contributed by atoms with Crippen molar-refractivity contribution in [2.45, 2.75) is 50.4 Å². The molecule has 206 valence electrons. The largest absolute Gasteiger partial charge is 0.481 e. The smallest absolute Gasteiger partial charge is 0.336 e. The zero-order valence-corrected chi connectivity index (χ0v) is 22.2. The number of pyridine rings is 1. The molecule has 5 N–H and O–H groups in total. The minimum absolute atomic E-state index is 0.223. The van der Waals surface area contributed by atoms with Gasteiger partial charge in [0, 0.05) is 31.7 Å². The number of aryl methyl sites for hydroxylation is 1. The molecule has 2 aliphatic rings. The summed E-state index contributed by atoms with van der Waals surface area (Å²) in [6.07, 6.45) is 1.39. The van der Waals surface area contributed by atoms with E-state index in [1.807, 2.05) is 43.5 Å². The number of carboxylic acids is 3. The van der Waals surface area contributed by atoms with E-state index in [0.717, 1.165) is 49.3 Å². The molecule has 0 unspecified atom stereocenters. The number of aliphatic carboxylic acids is 3. The van der Waals surface area contributed by atoms with Crippen LogP contribution in [0.4, 0.5) is 0 Å². The number of rotatable bonds is 8. The van der Waals surface area contributed by atoms with E-state index in [-0.39, 0.29) is 5.92 Å². The van der Waals surface area contributed by atoms with Crippen LogP contribution in [0.25, 0.3) is 0 Å². The Morgan fingerprint density at radius 1 is 1.08 bits per heavy atom. The summed E-state index contributed by atoms with van der Waals surface area (Å²) >= 11 is 12.5. The van der Waals surface area contributed by atoms with E-state index in [1.165, 1.54) is 0 Å². The number of carbonyl (C=O) groups is 3. The maximum Gasteiger partial charge on any atom is 0.336 e. The Labute approximate surface area is 229 Å². The van der Waals surface area contributed by atoms with Gasteiger partial charge in [-0.05, 0) is 48.9 Å². The number of aliphatic hydroxyl groups is 2. The SMILES string of the molecule is Cc1ccc([C@]2(O)CC[C@H]3CN(Cc4cccc(Cl)c4Cl)C[C@H]32)nc1.O=C(O)CC(O)(CC(=O)O)C(=O)O. The summed E-state index contributed by atoms with van der Waals surface area (Å²) in [5.41, 5.74) is -0.576. The van der Waals surface area contributed by atoms with Gasteiger partial charge in [-0.3, -0.25) is 19.5 Å². The van der Waals surface area contributed by atoms with E-state index in [9.17, 15) is 19.5 Å². The second-order valence-electron chi connectivity index (χ2n) is 9.94. The summed E-state index contributed by atoms with van der Waals surface area (Å²) in [7, 11) is 0. The molecule has 12 heteroatoms. The molecule has 2 fully saturated rings. The number of benzene rings is 1. The zero-order valence-electron chi connectivity index (χ0n) is 20.7. The monoisotopic (exact) mass is 568 g/mol. The number of carboxylic acid groups (broad SMARTS) is 3. The fourth-order valence-corrected chi connectivity index (χ4v) is 5.56. The molecule has 1 aliphatic carbocycles. The molecular formula is C26H30Cl2N2O8. The summed E-state index contributed by atoms with van der Waals surface area (Å²) in [6, 6.07) is 9.79. The van der Waals surface area contributed by atoms with Crippen molar-refractivity contribution in [2.75, 3.05) is 13.1 Å². The number of aromatic nitrogens is 1. The molecule has 1 aliphatic heterocycles. The first-order valence-corrected chi connectivity index (χ1v) is 12.7. The normalized spacial score (nSPS) is 22.9. The van der Waals surface area contributed by atoms with Gasteiger partial charge in [0.2, 0.25) is 0 Å². The molecule has 10 nitrogen and oxygen atoms in total. The van der Waals surface area contributed by atoms with Crippen LogP contribution in [-0.2, 0) is 26.5 Å². The lowest BCUT2D eigenvalue weighted by atomic mass is 9.85. The van der Waals surface area contributed by atoms with Crippen LogP contribution < -0.4 is 0 Å². The van der Waals surface area contributed by atoms with Crippen molar-refractivity contribution >= 4 is 41.1 Å². The summed E-state index contributed by atoms with van der Waals surface area (Å²) in [5, 5.41) is 46.4. The lowest BCUT2D eigenvalue weighted by Crippen LogP contribution is -2.42. The Morgan fingerprint density at radius 2 is 1.74 bits per heavy atom. The van der Waals surface area contributed by atoms with Gasteiger partial charge < -0.3 is 25.5 Å². The van der Waals surface area contributed by atoms with Crippen molar-refractivity contribution in [2.24, 2.45) is 11.8 Å². The van der Waals surface area contributed by atoms with Crippen LogP contribution in [0.5, 0.6) is 0 Å². The second-order valence-corrected chi connectivity index (χ2v) is 10.7. The maximum absolute atomic E-state index is 11.4.